The summed E-state index contributed by atoms with van der Waals surface area (Å²) in [5.41, 5.74) is 4.35. The molecule has 5 rings (SSSR count). The van der Waals surface area contributed by atoms with E-state index in [2.05, 4.69) is 5.32 Å². The lowest BCUT2D eigenvalue weighted by Crippen LogP contribution is -2.10. The summed E-state index contributed by atoms with van der Waals surface area (Å²) in [6.45, 7) is 0. The first-order valence-electron chi connectivity index (χ1n) is 11.2. The third-order valence-corrected chi connectivity index (χ3v) is 6.57. The van der Waals surface area contributed by atoms with Crippen LogP contribution in [0.15, 0.2) is 109 Å². The zero-order chi connectivity index (χ0) is 24.9. The van der Waals surface area contributed by atoms with Gasteiger partial charge in [-0.05, 0) is 60.0 Å². The van der Waals surface area contributed by atoms with Crippen LogP contribution in [0.25, 0.3) is 23.0 Å². The van der Waals surface area contributed by atoms with Crippen LogP contribution in [0.5, 0.6) is 0 Å². The van der Waals surface area contributed by atoms with Crippen molar-refractivity contribution in [3.8, 4) is 16.9 Å². The SMILES string of the molecule is O=C(/C=C/c1cn(-c2ccccc2)nc1-c1ccc(Cl)cc1)c1cccc(NC(=O)c2cccs2)c1. The maximum atomic E-state index is 13.0. The molecule has 0 spiro atoms. The van der Waals surface area contributed by atoms with Crippen LogP contribution in [-0.4, -0.2) is 21.5 Å². The molecule has 2 aromatic heterocycles. The highest BCUT2D eigenvalue weighted by atomic mass is 35.5. The maximum absolute atomic E-state index is 13.0. The topological polar surface area (TPSA) is 64.0 Å². The second kappa shape index (κ2) is 10.6. The van der Waals surface area contributed by atoms with Gasteiger partial charge in [0.05, 0.1) is 16.3 Å². The Morgan fingerprint density at radius 3 is 2.47 bits per heavy atom. The second-order valence-corrected chi connectivity index (χ2v) is 9.31. The van der Waals surface area contributed by atoms with Gasteiger partial charge in [-0.3, -0.25) is 9.59 Å². The number of nitrogens with one attached hydrogen (secondary N) is 1. The first kappa shape index (κ1) is 23.5. The molecule has 0 aliphatic heterocycles. The largest absolute Gasteiger partial charge is 0.321 e. The Bertz CT molecular complexity index is 1540. The van der Waals surface area contributed by atoms with E-state index < -0.39 is 0 Å². The molecule has 176 valence electrons. The molecule has 36 heavy (non-hydrogen) atoms. The van der Waals surface area contributed by atoms with E-state index in [0.717, 1.165) is 22.5 Å². The van der Waals surface area contributed by atoms with E-state index in [1.54, 1.807) is 41.1 Å². The molecule has 7 heteroatoms. The van der Waals surface area contributed by atoms with Crippen molar-refractivity contribution in [1.82, 2.24) is 9.78 Å². The monoisotopic (exact) mass is 509 g/mol. The molecule has 2 heterocycles. The van der Waals surface area contributed by atoms with Gasteiger partial charge in [-0.1, -0.05) is 60.1 Å². The van der Waals surface area contributed by atoms with E-state index in [0.29, 0.717) is 21.2 Å². The van der Waals surface area contributed by atoms with Crippen molar-refractivity contribution in [3.05, 3.63) is 130 Å². The van der Waals surface area contributed by atoms with Crippen LogP contribution in [-0.2, 0) is 0 Å². The molecule has 0 aliphatic rings. The number of carbonyl (C=O) groups excluding carboxylic acids is 2. The lowest BCUT2D eigenvalue weighted by molar-refractivity contribution is 0.102. The Balaban J connectivity index is 1.42. The molecule has 0 unspecified atom stereocenters. The third-order valence-electron chi connectivity index (χ3n) is 5.45. The number of rotatable bonds is 7. The van der Waals surface area contributed by atoms with Gasteiger partial charge in [0.2, 0.25) is 0 Å². The van der Waals surface area contributed by atoms with Gasteiger partial charge >= 0.3 is 0 Å². The predicted molar refractivity (Wildman–Crippen MR) is 146 cm³/mol. The highest BCUT2D eigenvalue weighted by molar-refractivity contribution is 7.12. The molecule has 0 saturated heterocycles. The minimum atomic E-state index is -0.203. The molecule has 1 N–H and O–H groups in total. The molecule has 5 nitrogen and oxygen atoms in total. The highest BCUT2D eigenvalue weighted by Crippen LogP contribution is 2.26. The number of hydrogen-bond acceptors (Lipinski definition) is 4. The summed E-state index contributed by atoms with van der Waals surface area (Å²) in [6.07, 6.45) is 5.17. The van der Waals surface area contributed by atoms with Crippen LogP contribution in [0.3, 0.4) is 0 Å². The molecule has 0 radical (unpaired) electrons. The van der Waals surface area contributed by atoms with Crippen LogP contribution in [0.2, 0.25) is 5.02 Å². The number of amides is 1. The standard InChI is InChI=1S/C29H20ClN3O2S/c30-23-14-11-20(12-15-23)28-22(19-33(32-28)25-8-2-1-3-9-25)13-16-26(34)21-6-4-7-24(18-21)31-29(35)27-10-5-17-36-27/h1-19H,(H,31,35)/b16-13+. The lowest BCUT2D eigenvalue weighted by atomic mass is 10.1. The number of nitrogens with zero attached hydrogens (tertiary/aromatic N) is 2. The van der Waals surface area contributed by atoms with Crippen molar-refractivity contribution >= 4 is 46.4 Å². The van der Waals surface area contributed by atoms with Crippen LogP contribution in [0.1, 0.15) is 25.6 Å². The van der Waals surface area contributed by atoms with Crippen molar-refractivity contribution in [1.29, 1.82) is 0 Å². The van der Waals surface area contributed by atoms with Gasteiger partial charge in [0, 0.05) is 33.6 Å². The second-order valence-electron chi connectivity index (χ2n) is 7.93. The average molecular weight is 510 g/mol. The fourth-order valence-electron chi connectivity index (χ4n) is 3.67. The number of carbonyl (C=O) groups is 2. The maximum Gasteiger partial charge on any atom is 0.265 e. The summed E-state index contributed by atoms with van der Waals surface area (Å²) in [4.78, 5) is 26.0. The summed E-state index contributed by atoms with van der Waals surface area (Å²) in [7, 11) is 0. The fourth-order valence-corrected chi connectivity index (χ4v) is 4.41. The number of benzene rings is 3. The van der Waals surface area contributed by atoms with Gasteiger partial charge in [0.15, 0.2) is 5.78 Å². The first-order valence-corrected chi connectivity index (χ1v) is 12.4. The van der Waals surface area contributed by atoms with Gasteiger partial charge in [0.1, 0.15) is 0 Å². The highest BCUT2D eigenvalue weighted by Gasteiger charge is 2.12. The number of allylic oxidation sites excluding steroid dienone is 1. The summed E-state index contributed by atoms with van der Waals surface area (Å²) in [6, 6.07) is 27.7. The van der Waals surface area contributed by atoms with Crippen molar-refractivity contribution in [2.75, 3.05) is 5.32 Å². The Labute approximate surface area is 217 Å². The number of ketones is 1. The molecule has 0 saturated carbocycles. The van der Waals surface area contributed by atoms with E-state index >= 15 is 0 Å². The van der Waals surface area contributed by atoms with Gasteiger partial charge in [0.25, 0.3) is 5.91 Å². The molecular formula is C29H20ClN3O2S. The Morgan fingerprint density at radius 1 is 0.917 bits per heavy atom. The molecule has 0 fully saturated rings. The molecular weight excluding hydrogens is 490 g/mol. The van der Waals surface area contributed by atoms with Crippen LogP contribution in [0, 0.1) is 0 Å². The van der Waals surface area contributed by atoms with Gasteiger partial charge in [-0.25, -0.2) is 4.68 Å². The molecule has 0 atom stereocenters. The smallest absolute Gasteiger partial charge is 0.265 e. The summed E-state index contributed by atoms with van der Waals surface area (Å²) in [5.74, 6) is -0.386. The zero-order valence-corrected chi connectivity index (χ0v) is 20.5. The van der Waals surface area contributed by atoms with E-state index in [9.17, 15) is 9.59 Å². The van der Waals surface area contributed by atoms with Gasteiger partial charge in [-0.15, -0.1) is 11.3 Å². The quantitative estimate of drug-likeness (QED) is 0.183. The zero-order valence-electron chi connectivity index (χ0n) is 19.0. The number of halogens is 1. The number of hydrogen-bond donors (Lipinski definition) is 1. The van der Waals surface area contributed by atoms with E-state index in [-0.39, 0.29) is 11.7 Å². The van der Waals surface area contributed by atoms with Gasteiger partial charge in [-0.2, -0.15) is 5.10 Å². The van der Waals surface area contributed by atoms with Crippen molar-refractivity contribution in [2.24, 2.45) is 0 Å². The lowest BCUT2D eigenvalue weighted by Gasteiger charge is -2.05. The minimum Gasteiger partial charge on any atom is -0.321 e. The average Bonchev–Trinajstić information content (AvgIpc) is 3.59. The van der Waals surface area contributed by atoms with E-state index in [1.807, 2.05) is 72.2 Å². The molecule has 0 aliphatic carbocycles. The summed E-state index contributed by atoms with van der Waals surface area (Å²) in [5, 5.41) is 10.1. The van der Waals surface area contributed by atoms with E-state index in [1.165, 1.54) is 17.4 Å². The molecule has 3 aromatic carbocycles. The van der Waals surface area contributed by atoms with Crippen molar-refractivity contribution in [2.45, 2.75) is 0 Å². The van der Waals surface area contributed by atoms with Crippen molar-refractivity contribution < 1.29 is 9.59 Å². The fraction of sp³-hybridized carbons (Fsp3) is 0. The first-order chi connectivity index (χ1) is 17.6. The van der Waals surface area contributed by atoms with E-state index in [4.69, 9.17) is 16.7 Å². The Kier molecular flexibility index (Phi) is 6.89. The third kappa shape index (κ3) is 5.35. The normalized spacial score (nSPS) is 11.0. The Morgan fingerprint density at radius 2 is 1.72 bits per heavy atom. The summed E-state index contributed by atoms with van der Waals surface area (Å²) >= 11 is 7.44. The van der Waals surface area contributed by atoms with Crippen LogP contribution < -0.4 is 5.32 Å². The molecule has 0 bridgehead atoms. The van der Waals surface area contributed by atoms with Crippen LogP contribution >= 0.6 is 22.9 Å². The number of para-hydroxylation sites is 1. The summed E-state index contributed by atoms with van der Waals surface area (Å²) < 4.78 is 1.79. The predicted octanol–water partition coefficient (Wildman–Crippen LogP) is 7.40. The van der Waals surface area contributed by atoms with Crippen LogP contribution in [0.4, 0.5) is 5.69 Å². The number of aromatic nitrogens is 2. The van der Waals surface area contributed by atoms with Gasteiger partial charge < -0.3 is 5.32 Å². The number of thiophene rings is 1. The Hall–Kier alpha value is -4.26. The minimum absolute atomic E-state index is 0.184. The van der Waals surface area contributed by atoms with Crippen molar-refractivity contribution in [3.63, 3.8) is 0 Å². The number of anilines is 1. The molecule has 1 amide bonds. The molecule has 5 aromatic rings.